The third-order valence-electron chi connectivity index (χ3n) is 3.38. The molecule has 1 heterocycles. The van der Waals surface area contributed by atoms with Gasteiger partial charge >= 0.3 is 0 Å². The average molecular weight is 299 g/mol. The summed E-state index contributed by atoms with van der Waals surface area (Å²) in [5.41, 5.74) is 0.734. The van der Waals surface area contributed by atoms with Crippen molar-refractivity contribution in [2.24, 2.45) is 0 Å². The maximum absolute atomic E-state index is 13.1. The highest BCUT2D eigenvalue weighted by molar-refractivity contribution is 6.30. The molecule has 1 aromatic carbocycles. The Hall–Kier alpha value is -1.62. The van der Waals surface area contributed by atoms with Crippen LogP contribution in [0.5, 0.6) is 0 Å². The van der Waals surface area contributed by atoms with E-state index in [2.05, 4.69) is 5.32 Å². The first-order valence-corrected chi connectivity index (χ1v) is 6.80. The number of nitrogens with zero attached hydrogens (tertiary/aromatic N) is 1. The summed E-state index contributed by atoms with van der Waals surface area (Å²) in [6.07, 6.45) is 0.255. The smallest absolute Gasteiger partial charge is 0.245 e. The minimum atomic E-state index is -0.552. The molecule has 0 aromatic heterocycles. The third kappa shape index (κ3) is 3.10. The Morgan fingerprint density at radius 2 is 2.10 bits per heavy atom. The number of carbonyl (C=O) groups excluding carboxylic acids is 2. The Balaban J connectivity index is 2.22. The molecule has 2 rings (SSSR count). The van der Waals surface area contributed by atoms with Gasteiger partial charge in [0, 0.05) is 19.0 Å². The van der Waals surface area contributed by atoms with Crippen LogP contribution in [0, 0.1) is 5.82 Å². The fourth-order valence-electron chi connectivity index (χ4n) is 2.28. The number of carbonyl (C=O) groups is 2. The molecule has 1 saturated heterocycles. The normalized spacial score (nSPS) is 23.5. The van der Waals surface area contributed by atoms with Gasteiger partial charge in [-0.15, -0.1) is 0 Å². The number of hydrogen-bond acceptors (Lipinski definition) is 2. The zero-order chi connectivity index (χ0) is 14.9. The molecule has 0 bridgehead atoms. The van der Waals surface area contributed by atoms with E-state index in [1.807, 2.05) is 6.92 Å². The van der Waals surface area contributed by atoms with Gasteiger partial charge in [0.25, 0.3) is 0 Å². The largest absolute Gasteiger partial charge is 0.345 e. The van der Waals surface area contributed by atoms with Gasteiger partial charge in [-0.25, -0.2) is 4.39 Å². The Bertz CT molecular complexity index is 550. The molecule has 0 spiro atoms. The number of nitrogens with one attached hydrogen (secondary N) is 1. The van der Waals surface area contributed by atoms with Crippen LogP contribution < -0.4 is 5.32 Å². The summed E-state index contributed by atoms with van der Waals surface area (Å²) in [5.74, 6) is -0.780. The molecule has 0 radical (unpaired) electrons. The van der Waals surface area contributed by atoms with Crippen LogP contribution in [0.2, 0.25) is 5.02 Å². The molecule has 0 aliphatic carbocycles. The number of hydrogen-bond donors (Lipinski definition) is 1. The van der Waals surface area contributed by atoms with E-state index < -0.39 is 11.9 Å². The van der Waals surface area contributed by atoms with Gasteiger partial charge in [-0.05, 0) is 31.5 Å². The second kappa shape index (κ2) is 5.79. The van der Waals surface area contributed by atoms with Crippen LogP contribution in [0.15, 0.2) is 18.2 Å². The lowest BCUT2D eigenvalue weighted by Gasteiger charge is -2.28. The topological polar surface area (TPSA) is 49.4 Å². The number of benzene rings is 1. The summed E-state index contributed by atoms with van der Waals surface area (Å²) in [6.45, 7) is 3.78. The molecule has 2 amide bonds. The average Bonchev–Trinajstić information content (AvgIpc) is 2.46. The first-order chi connectivity index (χ1) is 9.38. The highest BCUT2D eigenvalue weighted by Crippen LogP contribution is 2.20. The lowest BCUT2D eigenvalue weighted by molar-refractivity contribution is -0.135. The van der Waals surface area contributed by atoms with Gasteiger partial charge < -0.3 is 10.2 Å². The Kier molecular flexibility index (Phi) is 4.28. The van der Waals surface area contributed by atoms with Gasteiger partial charge in [-0.1, -0.05) is 17.7 Å². The standard InChI is InChI=1S/C14H16ClFN2O2/c1-8-5-13(19)17-9(2)14(20)18(8)7-10-3-4-12(16)11(15)6-10/h3-4,6,8-9H,5,7H2,1-2H3,(H,17,19). The van der Waals surface area contributed by atoms with Crippen LogP contribution in [-0.4, -0.2) is 28.8 Å². The van der Waals surface area contributed by atoms with Crippen molar-refractivity contribution in [2.75, 3.05) is 0 Å². The van der Waals surface area contributed by atoms with E-state index in [-0.39, 0.29) is 29.3 Å². The molecule has 0 saturated carbocycles. The summed E-state index contributed by atoms with van der Waals surface area (Å²) >= 11 is 5.74. The van der Waals surface area contributed by atoms with Gasteiger partial charge in [0.1, 0.15) is 11.9 Å². The molecule has 1 aliphatic rings. The van der Waals surface area contributed by atoms with Crippen molar-refractivity contribution in [2.45, 2.75) is 38.9 Å². The number of amides is 2. The van der Waals surface area contributed by atoms with Gasteiger partial charge in [0.05, 0.1) is 5.02 Å². The Morgan fingerprint density at radius 1 is 1.40 bits per heavy atom. The van der Waals surface area contributed by atoms with Crippen LogP contribution in [-0.2, 0) is 16.1 Å². The van der Waals surface area contributed by atoms with Crippen LogP contribution in [0.25, 0.3) is 0 Å². The monoisotopic (exact) mass is 298 g/mol. The van der Waals surface area contributed by atoms with Gasteiger partial charge in [0.2, 0.25) is 11.8 Å². The Labute approximate surface area is 121 Å². The van der Waals surface area contributed by atoms with Crippen LogP contribution >= 0.6 is 11.6 Å². The zero-order valence-corrected chi connectivity index (χ0v) is 12.1. The molecule has 1 fully saturated rings. The Morgan fingerprint density at radius 3 is 2.75 bits per heavy atom. The number of halogens is 2. The van der Waals surface area contributed by atoms with E-state index in [0.29, 0.717) is 6.54 Å². The number of rotatable bonds is 2. The summed E-state index contributed by atoms with van der Waals surface area (Å²) in [5, 5.41) is 2.67. The van der Waals surface area contributed by atoms with Crippen LogP contribution in [0.1, 0.15) is 25.8 Å². The predicted octanol–water partition coefficient (Wildman–Crippen LogP) is 2.10. The molecule has 6 heteroatoms. The van der Waals surface area contributed by atoms with E-state index in [9.17, 15) is 14.0 Å². The van der Waals surface area contributed by atoms with Gasteiger partial charge in [-0.2, -0.15) is 0 Å². The highest BCUT2D eigenvalue weighted by Gasteiger charge is 2.31. The second-order valence-corrected chi connectivity index (χ2v) is 5.46. The van der Waals surface area contributed by atoms with Gasteiger partial charge in [-0.3, -0.25) is 9.59 Å². The van der Waals surface area contributed by atoms with Crippen molar-refractivity contribution in [1.82, 2.24) is 10.2 Å². The lowest BCUT2D eigenvalue weighted by Crippen LogP contribution is -2.44. The minimum absolute atomic E-state index is 0.0275. The summed E-state index contributed by atoms with van der Waals surface area (Å²) in [4.78, 5) is 25.5. The zero-order valence-electron chi connectivity index (χ0n) is 11.3. The maximum Gasteiger partial charge on any atom is 0.245 e. The quantitative estimate of drug-likeness (QED) is 0.909. The summed E-state index contributed by atoms with van der Waals surface area (Å²) in [6, 6.07) is 3.60. The van der Waals surface area contributed by atoms with Crippen molar-refractivity contribution >= 4 is 23.4 Å². The van der Waals surface area contributed by atoms with Crippen molar-refractivity contribution < 1.29 is 14.0 Å². The lowest BCUT2D eigenvalue weighted by atomic mass is 10.1. The van der Waals surface area contributed by atoms with E-state index in [1.165, 1.54) is 12.1 Å². The first kappa shape index (κ1) is 14.8. The molecular weight excluding hydrogens is 283 g/mol. The summed E-state index contributed by atoms with van der Waals surface area (Å²) in [7, 11) is 0. The van der Waals surface area contributed by atoms with E-state index in [1.54, 1.807) is 17.9 Å². The van der Waals surface area contributed by atoms with Crippen molar-refractivity contribution in [3.63, 3.8) is 0 Å². The van der Waals surface area contributed by atoms with Crippen molar-refractivity contribution in [1.29, 1.82) is 0 Å². The van der Waals surface area contributed by atoms with Crippen molar-refractivity contribution in [3.8, 4) is 0 Å². The molecule has 2 unspecified atom stereocenters. The fourth-order valence-corrected chi connectivity index (χ4v) is 2.48. The second-order valence-electron chi connectivity index (χ2n) is 5.06. The van der Waals surface area contributed by atoms with E-state index in [0.717, 1.165) is 5.56 Å². The van der Waals surface area contributed by atoms with Crippen molar-refractivity contribution in [3.05, 3.63) is 34.6 Å². The molecule has 4 nitrogen and oxygen atoms in total. The maximum atomic E-state index is 13.1. The predicted molar refractivity (Wildman–Crippen MR) is 73.6 cm³/mol. The molecule has 2 atom stereocenters. The molecule has 1 aromatic rings. The minimum Gasteiger partial charge on any atom is -0.345 e. The summed E-state index contributed by atoms with van der Waals surface area (Å²) < 4.78 is 13.1. The first-order valence-electron chi connectivity index (χ1n) is 6.42. The molecule has 20 heavy (non-hydrogen) atoms. The SMILES string of the molecule is CC1NC(=O)CC(C)N(Cc2ccc(F)c(Cl)c2)C1=O. The molecule has 108 valence electrons. The molecule has 1 N–H and O–H groups in total. The van der Waals surface area contributed by atoms with E-state index >= 15 is 0 Å². The van der Waals surface area contributed by atoms with Crippen LogP contribution in [0.4, 0.5) is 4.39 Å². The molecular formula is C14H16ClFN2O2. The van der Waals surface area contributed by atoms with Crippen LogP contribution in [0.3, 0.4) is 0 Å². The van der Waals surface area contributed by atoms with Gasteiger partial charge in [0.15, 0.2) is 0 Å². The van der Waals surface area contributed by atoms with E-state index in [4.69, 9.17) is 11.6 Å². The molecule has 1 aliphatic heterocycles. The highest BCUT2D eigenvalue weighted by atomic mass is 35.5. The third-order valence-corrected chi connectivity index (χ3v) is 3.67. The fraction of sp³-hybridized carbons (Fsp3) is 0.429.